The Balaban J connectivity index is 0.00000256. The van der Waals surface area contributed by atoms with Crippen molar-refractivity contribution in [3.8, 4) is 0 Å². The molecule has 0 bridgehead atoms. The van der Waals surface area contributed by atoms with Gasteiger partial charge in [0.15, 0.2) is 0 Å². The molecule has 1 aromatic heterocycles. The Bertz CT molecular complexity index is 375. The number of carbonyl (C=O) groups excluding carboxylic acids is 1. The van der Waals surface area contributed by atoms with Gasteiger partial charge in [0.2, 0.25) is 0 Å². The lowest BCUT2D eigenvalue weighted by atomic mass is 10.3. The van der Waals surface area contributed by atoms with Gasteiger partial charge in [0.25, 0.3) is 11.8 Å². The molecule has 1 amide bonds. The van der Waals surface area contributed by atoms with Crippen molar-refractivity contribution in [1.82, 2.24) is 15.1 Å². The van der Waals surface area contributed by atoms with E-state index < -0.39 is 24.9 Å². The molecule has 1 aromatic rings. The third-order valence-corrected chi connectivity index (χ3v) is 2.15. The maximum Gasteiger partial charge on any atom is 0.277 e. The number of carbonyl (C=O) groups is 1. The number of hydrogen-bond donors (Lipinski definition) is 2. The molecule has 0 aliphatic heterocycles. The summed E-state index contributed by atoms with van der Waals surface area (Å²) in [6, 6.07) is 1.52. The predicted molar refractivity (Wildman–Crippen MR) is 61.5 cm³/mol. The molecular formula is C9H15ClF2N4O. The summed E-state index contributed by atoms with van der Waals surface area (Å²) in [5.74, 6) is -3.71. The minimum Gasteiger partial charge on any atom is -0.345 e. The predicted octanol–water partition coefficient (Wildman–Crippen LogP) is 0.474. The van der Waals surface area contributed by atoms with Gasteiger partial charge in [0.1, 0.15) is 5.69 Å². The highest BCUT2D eigenvalue weighted by Gasteiger charge is 2.27. The second-order valence-electron chi connectivity index (χ2n) is 3.54. The highest BCUT2D eigenvalue weighted by molar-refractivity contribution is 5.92. The summed E-state index contributed by atoms with van der Waals surface area (Å²) in [6.07, 6.45) is 0. The number of alkyl halides is 2. The summed E-state index contributed by atoms with van der Waals surface area (Å²) in [7, 11) is 1.67. The highest BCUT2D eigenvalue weighted by Crippen LogP contribution is 2.09. The Morgan fingerprint density at radius 1 is 1.65 bits per heavy atom. The molecular weight excluding hydrogens is 254 g/mol. The van der Waals surface area contributed by atoms with Gasteiger partial charge < -0.3 is 11.1 Å². The largest absolute Gasteiger partial charge is 0.345 e. The van der Waals surface area contributed by atoms with Crippen LogP contribution in [-0.2, 0) is 7.05 Å². The molecule has 0 aliphatic carbocycles. The lowest BCUT2D eigenvalue weighted by Gasteiger charge is -2.13. The number of hydrogen-bond acceptors (Lipinski definition) is 3. The van der Waals surface area contributed by atoms with Crippen LogP contribution in [0.2, 0.25) is 0 Å². The van der Waals surface area contributed by atoms with E-state index in [9.17, 15) is 13.6 Å². The summed E-state index contributed by atoms with van der Waals surface area (Å²) < 4.78 is 27.0. The fraction of sp³-hybridized carbons (Fsp3) is 0.556. The fourth-order valence-electron chi connectivity index (χ4n) is 1.04. The van der Waals surface area contributed by atoms with E-state index in [2.05, 4.69) is 10.4 Å². The lowest BCUT2D eigenvalue weighted by Crippen LogP contribution is -2.41. The van der Waals surface area contributed by atoms with Crippen molar-refractivity contribution in [3.05, 3.63) is 17.5 Å². The molecule has 98 valence electrons. The maximum atomic E-state index is 12.7. The standard InChI is InChI=1S/C9H14F2N4O.ClH/c1-6-3-7(14-15(6)2)8(16)13-5-9(10,11)4-12;/h3H,4-5,12H2,1-2H3,(H,13,16);1H. The zero-order valence-corrected chi connectivity index (χ0v) is 10.4. The Hall–Kier alpha value is -1.21. The Morgan fingerprint density at radius 3 is 2.65 bits per heavy atom. The van der Waals surface area contributed by atoms with Crippen molar-refractivity contribution in [2.24, 2.45) is 12.8 Å². The second-order valence-corrected chi connectivity index (χ2v) is 3.54. The summed E-state index contributed by atoms with van der Waals surface area (Å²) >= 11 is 0. The van der Waals surface area contributed by atoms with Crippen LogP contribution >= 0.6 is 12.4 Å². The van der Waals surface area contributed by atoms with E-state index in [0.717, 1.165) is 5.69 Å². The average molecular weight is 269 g/mol. The number of nitrogens with two attached hydrogens (primary N) is 1. The number of nitrogens with one attached hydrogen (secondary N) is 1. The van der Waals surface area contributed by atoms with Crippen LogP contribution in [-0.4, -0.2) is 34.7 Å². The first-order valence-electron chi connectivity index (χ1n) is 4.72. The van der Waals surface area contributed by atoms with Gasteiger partial charge in [-0.3, -0.25) is 9.48 Å². The summed E-state index contributed by atoms with van der Waals surface area (Å²) in [5.41, 5.74) is 5.73. The van der Waals surface area contributed by atoms with Gasteiger partial charge in [-0.15, -0.1) is 12.4 Å². The van der Waals surface area contributed by atoms with Crippen LogP contribution in [0.15, 0.2) is 6.07 Å². The molecule has 0 fully saturated rings. The van der Waals surface area contributed by atoms with Crippen LogP contribution in [0.25, 0.3) is 0 Å². The SMILES string of the molecule is Cc1cc(C(=O)NCC(F)(F)CN)nn1C.Cl. The number of nitrogens with zero attached hydrogens (tertiary/aromatic N) is 2. The summed E-state index contributed by atoms with van der Waals surface area (Å²) in [5, 5.41) is 5.95. The first-order chi connectivity index (χ1) is 7.35. The van der Waals surface area contributed by atoms with Crippen molar-refractivity contribution >= 4 is 18.3 Å². The van der Waals surface area contributed by atoms with Crippen LogP contribution in [0.5, 0.6) is 0 Å². The number of amides is 1. The molecule has 0 saturated heterocycles. The average Bonchev–Trinajstić information content (AvgIpc) is 2.56. The van der Waals surface area contributed by atoms with Crippen molar-refractivity contribution in [3.63, 3.8) is 0 Å². The van der Waals surface area contributed by atoms with E-state index in [-0.39, 0.29) is 18.1 Å². The molecule has 0 aliphatic rings. The van der Waals surface area contributed by atoms with Gasteiger partial charge in [-0.05, 0) is 13.0 Å². The number of halogens is 3. The van der Waals surface area contributed by atoms with Crippen molar-refractivity contribution in [2.75, 3.05) is 13.1 Å². The summed E-state index contributed by atoms with van der Waals surface area (Å²) in [6.45, 7) is 0.185. The molecule has 0 unspecified atom stereocenters. The van der Waals surface area contributed by atoms with E-state index in [1.807, 2.05) is 0 Å². The van der Waals surface area contributed by atoms with Crippen molar-refractivity contribution < 1.29 is 13.6 Å². The molecule has 1 heterocycles. The zero-order chi connectivity index (χ0) is 12.3. The minimum absolute atomic E-state index is 0. The number of aryl methyl sites for hydroxylation is 2. The molecule has 0 atom stereocenters. The Morgan fingerprint density at radius 2 is 2.24 bits per heavy atom. The van der Waals surface area contributed by atoms with Gasteiger partial charge in [0, 0.05) is 12.7 Å². The van der Waals surface area contributed by atoms with Gasteiger partial charge in [-0.1, -0.05) is 0 Å². The van der Waals surface area contributed by atoms with E-state index in [1.54, 1.807) is 14.0 Å². The van der Waals surface area contributed by atoms with Crippen molar-refractivity contribution in [2.45, 2.75) is 12.8 Å². The highest BCUT2D eigenvalue weighted by atomic mass is 35.5. The van der Waals surface area contributed by atoms with E-state index in [4.69, 9.17) is 5.73 Å². The molecule has 0 aromatic carbocycles. The molecule has 5 nitrogen and oxygen atoms in total. The maximum absolute atomic E-state index is 12.7. The number of rotatable bonds is 4. The lowest BCUT2D eigenvalue weighted by molar-refractivity contribution is 0.0118. The molecule has 3 N–H and O–H groups in total. The van der Waals surface area contributed by atoms with Crippen LogP contribution in [0.3, 0.4) is 0 Å². The van der Waals surface area contributed by atoms with Gasteiger partial charge in [-0.2, -0.15) is 5.10 Å². The third kappa shape index (κ3) is 4.27. The van der Waals surface area contributed by atoms with Crippen LogP contribution in [0.1, 0.15) is 16.2 Å². The monoisotopic (exact) mass is 268 g/mol. The van der Waals surface area contributed by atoms with Crippen LogP contribution in [0.4, 0.5) is 8.78 Å². The zero-order valence-electron chi connectivity index (χ0n) is 9.54. The quantitative estimate of drug-likeness (QED) is 0.834. The molecule has 8 heteroatoms. The van der Waals surface area contributed by atoms with E-state index >= 15 is 0 Å². The van der Waals surface area contributed by atoms with Gasteiger partial charge >= 0.3 is 0 Å². The number of aromatic nitrogens is 2. The Labute approximate surface area is 104 Å². The smallest absolute Gasteiger partial charge is 0.277 e. The molecule has 0 saturated carbocycles. The third-order valence-electron chi connectivity index (χ3n) is 2.15. The van der Waals surface area contributed by atoms with Gasteiger partial charge in [-0.25, -0.2) is 8.78 Å². The molecule has 0 spiro atoms. The molecule has 17 heavy (non-hydrogen) atoms. The van der Waals surface area contributed by atoms with Gasteiger partial charge in [0.05, 0.1) is 13.1 Å². The van der Waals surface area contributed by atoms with E-state index in [0.29, 0.717) is 0 Å². The fourth-order valence-corrected chi connectivity index (χ4v) is 1.04. The second kappa shape index (κ2) is 5.92. The van der Waals surface area contributed by atoms with E-state index in [1.165, 1.54) is 10.7 Å². The summed E-state index contributed by atoms with van der Waals surface area (Å²) in [4.78, 5) is 11.4. The molecule has 0 radical (unpaired) electrons. The Kier molecular flexibility index (Phi) is 5.50. The normalized spacial score (nSPS) is 10.9. The molecule has 1 rings (SSSR count). The van der Waals surface area contributed by atoms with Crippen LogP contribution < -0.4 is 11.1 Å². The minimum atomic E-state index is -3.08. The first-order valence-corrected chi connectivity index (χ1v) is 4.72. The first kappa shape index (κ1) is 15.8. The van der Waals surface area contributed by atoms with Crippen LogP contribution in [0, 0.1) is 6.92 Å². The topological polar surface area (TPSA) is 72.9 Å². The van der Waals surface area contributed by atoms with Crippen molar-refractivity contribution in [1.29, 1.82) is 0 Å².